The molecule has 2 aromatic rings. The Balaban J connectivity index is 1.56. The van der Waals surface area contributed by atoms with Crippen LogP contribution in [-0.2, 0) is 6.42 Å². The van der Waals surface area contributed by atoms with Gasteiger partial charge in [-0.05, 0) is 42.4 Å². The van der Waals surface area contributed by atoms with Gasteiger partial charge in [0.05, 0.1) is 0 Å². The molecule has 0 amide bonds. The Morgan fingerprint density at radius 2 is 1.36 bits per heavy atom. The zero-order valence-corrected chi connectivity index (χ0v) is 18.7. The Kier molecular flexibility index (Phi) is 8.87. The number of carbonyl (C=O) groups is 1. The minimum atomic E-state index is -1.73. The molecule has 0 aliphatic heterocycles. The van der Waals surface area contributed by atoms with E-state index in [9.17, 15) is 26.7 Å². The molecular weight excluding hydrogens is 439 g/mol. The van der Waals surface area contributed by atoms with Gasteiger partial charge >= 0.3 is 5.97 Å². The van der Waals surface area contributed by atoms with E-state index in [1.807, 2.05) is 0 Å². The van der Waals surface area contributed by atoms with Crippen molar-refractivity contribution in [2.24, 2.45) is 11.8 Å². The number of hydrogen-bond acceptors (Lipinski definition) is 2. The van der Waals surface area contributed by atoms with Crippen LogP contribution in [0.4, 0.5) is 22.0 Å². The maximum Gasteiger partial charge on any atom is 0.349 e. The summed E-state index contributed by atoms with van der Waals surface area (Å²) >= 11 is 0. The third-order valence-electron chi connectivity index (χ3n) is 6.50. The summed E-state index contributed by atoms with van der Waals surface area (Å²) in [5, 5.41) is 0. The molecule has 0 bridgehead atoms. The largest absolute Gasteiger partial charge is 0.423 e. The van der Waals surface area contributed by atoms with Gasteiger partial charge in [-0.3, -0.25) is 0 Å². The highest BCUT2D eigenvalue weighted by molar-refractivity contribution is 5.91. The first-order valence-electron chi connectivity index (χ1n) is 11.6. The highest BCUT2D eigenvalue weighted by Gasteiger charge is 2.24. The molecule has 0 unspecified atom stereocenters. The van der Waals surface area contributed by atoms with Gasteiger partial charge in [0.1, 0.15) is 22.9 Å². The van der Waals surface area contributed by atoms with Gasteiger partial charge in [-0.25, -0.2) is 26.7 Å². The highest BCUT2D eigenvalue weighted by Crippen LogP contribution is 2.34. The Hall–Kier alpha value is -2.44. The molecule has 1 aliphatic carbocycles. The van der Waals surface area contributed by atoms with Crippen molar-refractivity contribution in [2.75, 3.05) is 0 Å². The molecule has 33 heavy (non-hydrogen) atoms. The monoisotopic (exact) mass is 468 g/mol. The number of carbonyl (C=O) groups excluding carboxylic acids is 1. The van der Waals surface area contributed by atoms with Crippen molar-refractivity contribution < 1.29 is 31.5 Å². The summed E-state index contributed by atoms with van der Waals surface area (Å²) in [7, 11) is 0. The molecular formula is C26H29F5O2. The molecule has 2 aromatic carbocycles. The molecule has 1 aliphatic rings. The molecule has 1 fully saturated rings. The van der Waals surface area contributed by atoms with Gasteiger partial charge in [0.15, 0.2) is 17.5 Å². The van der Waals surface area contributed by atoms with Crippen molar-refractivity contribution in [1.82, 2.24) is 0 Å². The quantitative estimate of drug-likeness (QED) is 0.123. The second-order valence-electron chi connectivity index (χ2n) is 8.95. The predicted molar refractivity (Wildman–Crippen MR) is 116 cm³/mol. The van der Waals surface area contributed by atoms with Gasteiger partial charge in [0, 0.05) is 12.1 Å². The number of hydrogen-bond donors (Lipinski definition) is 0. The fourth-order valence-electron chi connectivity index (χ4n) is 4.58. The zero-order valence-electron chi connectivity index (χ0n) is 18.7. The van der Waals surface area contributed by atoms with E-state index >= 15 is 0 Å². The van der Waals surface area contributed by atoms with E-state index in [0.717, 1.165) is 37.3 Å². The van der Waals surface area contributed by atoms with E-state index in [2.05, 4.69) is 11.7 Å². The summed E-state index contributed by atoms with van der Waals surface area (Å²) < 4.78 is 73.2. The van der Waals surface area contributed by atoms with Crippen LogP contribution in [0.3, 0.4) is 0 Å². The van der Waals surface area contributed by atoms with Crippen molar-refractivity contribution in [2.45, 2.75) is 71.1 Å². The molecule has 0 N–H and O–H groups in total. The first kappa shape index (κ1) is 25.2. The van der Waals surface area contributed by atoms with Gasteiger partial charge < -0.3 is 4.74 Å². The second-order valence-corrected chi connectivity index (χ2v) is 8.95. The molecule has 0 radical (unpaired) electrons. The molecule has 1 saturated carbocycles. The molecule has 3 rings (SSSR count). The molecule has 2 nitrogen and oxygen atoms in total. The lowest BCUT2D eigenvalue weighted by Gasteiger charge is -2.28. The molecule has 7 heteroatoms. The number of aryl methyl sites for hydroxylation is 1. The average Bonchev–Trinajstić information content (AvgIpc) is 2.76. The van der Waals surface area contributed by atoms with Gasteiger partial charge in [0.25, 0.3) is 0 Å². The van der Waals surface area contributed by atoms with E-state index in [1.165, 1.54) is 38.5 Å². The van der Waals surface area contributed by atoms with E-state index in [4.69, 9.17) is 0 Å². The molecule has 0 saturated heterocycles. The number of halogens is 5. The van der Waals surface area contributed by atoms with Gasteiger partial charge in [-0.15, -0.1) is 0 Å². The van der Waals surface area contributed by atoms with E-state index in [1.54, 1.807) is 0 Å². The summed E-state index contributed by atoms with van der Waals surface area (Å²) in [6.07, 6.45) is 11.0. The maximum absolute atomic E-state index is 14.5. The van der Waals surface area contributed by atoms with Crippen molar-refractivity contribution in [1.29, 1.82) is 0 Å². The summed E-state index contributed by atoms with van der Waals surface area (Å²) in [4.78, 5) is 12.2. The zero-order chi connectivity index (χ0) is 24.0. The summed E-state index contributed by atoms with van der Waals surface area (Å²) in [6.45, 7) is 2.20. The first-order chi connectivity index (χ1) is 15.8. The predicted octanol–water partition coefficient (Wildman–Crippen LogP) is 7.92. The fourth-order valence-corrected chi connectivity index (χ4v) is 4.58. The molecule has 180 valence electrons. The second kappa shape index (κ2) is 11.6. The van der Waals surface area contributed by atoms with Crippen LogP contribution in [0.5, 0.6) is 5.75 Å². The third-order valence-corrected chi connectivity index (χ3v) is 6.50. The lowest BCUT2D eigenvalue weighted by atomic mass is 9.78. The van der Waals surface area contributed by atoms with Crippen LogP contribution in [0, 0.1) is 40.9 Å². The highest BCUT2D eigenvalue weighted by atomic mass is 19.2. The number of rotatable bonds is 9. The minimum absolute atomic E-state index is 0.430. The number of esters is 1. The normalized spacial score (nSPS) is 18.4. The Morgan fingerprint density at radius 1 is 0.818 bits per heavy atom. The van der Waals surface area contributed by atoms with Crippen LogP contribution >= 0.6 is 0 Å². The maximum atomic E-state index is 14.5. The van der Waals surface area contributed by atoms with Crippen molar-refractivity contribution in [3.63, 3.8) is 0 Å². The lowest BCUT2D eigenvalue weighted by molar-refractivity contribution is 0.0723. The first-order valence-corrected chi connectivity index (χ1v) is 11.6. The smallest absolute Gasteiger partial charge is 0.349 e. The fraction of sp³-hybridized carbons (Fsp3) is 0.500. The molecule has 0 atom stereocenters. The summed E-state index contributed by atoms with van der Waals surface area (Å²) in [6, 6.07) is 3.03. The van der Waals surface area contributed by atoms with Crippen LogP contribution in [0.1, 0.15) is 80.6 Å². The molecule has 0 spiro atoms. The summed E-state index contributed by atoms with van der Waals surface area (Å²) in [5.41, 5.74) is -0.526. The Labute approximate surface area is 191 Å². The number of ether oxygens (including phenoxy) is 1. The van der Waals surface area contributed by atoms with Crippen LogP contribution < -0.4 is 4.74 Å². The van der Waals surface area contributed by atoms with Crippen LogP contribution in [0.2, 0.25) is 0 Å². The van der Waals surface area contributed by atoms with Gasteiger partial charge in [-0.2, -0.15) is 0 Å². The van der Waals surface area contributed by atoms with Crippen molar-refractivity contribution in [3.05, 3.63) is 64.5 Å². The third kappa shape index (κ3) is 6.78. The topological polar surface area (TPSA) is 26.3 Å². The van der Waals surface area contributed by atoms with E-state index in [-0.39, 0.29) is 0 Å². The lowest BCUT2D eigenvalue weighted by Crippen LogP contribution is -2.16. The van der Waals surface area contributed by atoms with E-state index in [0.29, 0.717) is 30.0 Å². The van der Waals surface area contributed by atoms with E-state index < -0.39 is 46.4 Å². The minimum Gasteiger partial charge on any atom is -0.423 e. The van der Waals surface area contributed by atoms with Gasteiger partial charge in [-0.1, -0.05) is 58.3 Å². The average molecular weight is 469 g/mol. The SMILES string of the molecule is CCCCCC1CCC(CCc2cc(F)c(C(=O)Oc3cc(F)c(F)c(F)c3)c(F)c2)CC1. The summed E-state index contributed by atoms with van der Waals surface area (Å²) in [5.74, 6) is -7.96. The Bertz CT molecular complexity index is 921. The van der Waals surface area contributed by atoms with Crippen LogP contribution in [0.25, 0.3) is 0 Å². The van der Waals surface area contributed by atoms with Crippen LogP contribution in [0.15, 0.2) is 24.3 Å². The van der Waals surface area contributed by atoms with Gasteiger partial charge in [0.2, 0.25) is 0 Å². The van der Waals surface area contributed by atoms with Crippen LogP contribution in [-0.4, -0.2) is 5.97 Å². The molecule has 0 heterocycles. The molecule has 0 aromatic heterocycles. The Morgan fingerprint density at radius 3 is 1.91 bits per heavy atom. The number of benzene rings is 2. The van der Waals surface area contributed by atoms with Crippen molar-refractivity contribution in [3.8, 4) is 5.75 Å². The standard InChI is InChI=1S/C26H29F5O2/c1-2-3-4-5-16-6-8-17(9-7-16)10-11-18-12-20(27)24(21(28)13-18)26(32)33-19-14-22(29)25(31)23(30)15-19/h12-17H,2-11H2,1H3. The number of unbranched alkanes of at least 4 members (excludes halogenated alkanes) is 2. The van der Waals surface area contributed by atoms with Crippen molar-refractivity contribution >= 4 is 5.97 Å².